The maximum absolute atomic E-state index is 13.3. The molecule has 0 aliphatic carbocycles. The molecule has 0 saturated carbocycles. The maximum Gasteiger partial charge on any atom is 0.303 e. The average molecular weight is 415 g/mol. The van der Waals surface area contributed by atoms with Crippen molar-refractivity contribution in [3.8, 4) is 0 Å². The summed E-state index contributed by atoms with van der Waals surface area (Å²) in [5.41, 5.74) is 8.14. The molecule has 4 N–H and O–H groups in total. The van der Waals surface area contributed by atoms with E-state index < -0.39 is 16.0 Å². The molecule has 29 heavy (non-hydrogen) atoms. The van der Waals surface area contributed by atoms with Crippen molar-refractivity contribution >= 4 is 32.7 Å². The summed E-state index contributed by atoms with van der Waals surface area (Å²) in [5.74, 6) is -1.06. The van der Waals surface area contributed by atoms with Crippen LogP contribution >= 0.6 is 0 Å². The normalized spacial score (nSPS) is 12.4. The van der Waals surface area contributed by atoms with Crippen LogP contribution < -0.4 is 5.73 Å². The maximum atomic E-state index is 13.3. The van der Waals surface area contributed by atoms with Crippen LogP contribution in [0.3, 0.4) is 0 Å². The Labute approximate surface area is 167 Å². The second-order valence-corrected chi connectivity index (χ2v) is 8.51. The summed E-state index contributed by atoms with van der Waals surface area (Å²) in [4.78, 5) is 11.0. The van der Waals surface area contributed by atoms with E-state index in [2.05, 4.69) is 5.16 Å². The standard InChI is InChI=1S/C20H21N3O5S/c1-13-5-8-15(9-6-13)29(27,28)23-12-11-16-17(20(21)22-26)10-7-14(19(16)23)3-2-4-18(24)25/h5-12,26H,2-4H2,1H3,(H2,21,22)(H,24,25). The number of aromatic nitrogens is 1. The second-order valence-electron chi connectivity index (χ2n) is 6.70. The monoisotopic (exact) mass is 415 g/mol. The Balaban J connectivity index is 2.21. The number of fused-ring (bicyclic) bond motifs is 1. The number of hydrogen-bond donors (Lipinski definition) is 3. The van der Waals surface area contributed by atoms with E-state index in [-0.39, 0.29) is 17.2 Å². The van der Waals surface area contributed by atoms with Gasteiger partial charge in [-0.1, -0.05) is 35.0 Å². The highest BCUT2D eigenvalue weighted by molar-refractivity contribution is 7.90. The minimum atomic E-state index is -3.89. The molecule has 0 aliphatic heterocycles. The molecule has 0 saturated heterocycles. The Morgan fingerprint density at radius 1 is 1.14 bits per heavy atom. The van der Waals surface area contributed by atoms with Crippen LogP contribution in [-0.4, -0.2) is 34.5 Å². The number of nitrogens with two attached hydrogens (primary N) is 1. The number of oxime groups is 1. The fourth-order valence-electron chi connectivity index (χ4n) is 3.23. The predicted molar refractivity (Wildman–Crippen MR) is 109 cm³/mol. The van der Waals surface area contributed by atoms with Crippen LogP contribution in [0.2, 0.25) is 0 Å². The Kier molecular flexibility index (Phi) is 5.60. The van der Waals surface area contributed by atoms with E-state index >= 15 is 0 Å². The summed E-state index contributed by atoms with van der Waals surface area (Å²) in [6.45, 7) is 1.87. The first kappa shape index (κ1) is 20.4. The first-order chi connectivity index (χ1) is 13.8. The molecule has 0 bridgehead atoms. The topological polar surface area (TPSA) is 135 Å². The summed E-state index contributed by atoms with van der Waals surface area (Å²) in [6, 6.07) is 11.4. The second kappa shape index (κ2) is 7.96. The number of benzene rings is 2. The predicted octanol–water partition coefficient (Wildman–Crippen LogP) is 2.69. The molecule has 2 aromatic carbocycles. The van der Waals surface area contributed by atoms with Crippen molar-refractivity contribution in [2.45, 2.75) is 31.1 Å². The van der Waals surface area contributed by atoms with Crippen LogP contribution in [0.1, 0.15) is 29.5 Å². The number of amidine groups is 1. The third-order valence-electron chi connectivity index (χ3n) is 4.70. The Morgan fingerprint density at radius 2 is 1.83 bits per heavy atom. The zero-order valence-electron chi connectivity index (χ0n) is 15.7. The molecular weight excluding hydrogens is 394 g/mol. The zero-order valence-corrected chi connectivity index (χ0v) is 16.6. The molecule has 3 aromatic rings. The van der Waals surface area contributed by atoms with E-state index in [1.54, 1.807) is 30.3 Å². The van der Waals surface area contributed by atoms with Gasteiger partial charge in [-0.2, -0.15) is 0 Å². The quantitative estimate of drug-likeness (QED) is 0.235. The molecule has 8 nitrogen and oxygen atoms in total. The van der Waals surface area contributed by atoms with Crippen LogP contribution in [0.4, 0.5) is 0 Å². The Bertz CT molecular complexity index is 1190. The van der Waals surface area contributed by atoms with Crippen LogP contribution in [0.15, 0.2) is 58.7 Å². The number of aliphatic carboxylic acids is 1. The molecule has 0 spiro atoms. The molecular formula is C20H21N3O5S. The average Bonchev–Trinajstić information content (AvgIpc) is 3.14. The summed E-state index contributed by atoms with van der Waals surface area (Å²) < 4.78 is 27.7. The minimum Gasteiger partial charge on any atom is -0.481 e. The van der Waals surface area contributed by atoms with E-state index in [0.717, 1.165) is 9.54 Å². The van der Waals surface area contributed by atoms with Crippen molar-refractivity contribution < 1.29 is 23.5 Å². The van der Waals surface area contributed by atoms with Gasteiger partial charge in [0, 0.05) is 23.6 Å². The van der Waals surface area contributed by atoms with Crippen LogP contribution in [0.5, 0.6) is 0 Å². The van der Waals surface area contributed by atoms with Gasteiger partial charge in [0.2, 0.25) is 0 Å². The Morgan fingerprint density at radius 3 is 2.45 bits per heavy atom. The number of carboxylic acid groups (broad SMARTS) is 1. The van der Waals surface area contributed by atoms with E-state index in [9.17, 15) is 13.2 Å². The first-order valence-corrected chi connectivity index (χ1v) is 10.3. The molecule has 9 heteroatoms. The van der Waals surface area contributed by atoms with Gasteiger partial charge < -0.3 is 16.0 Å². The highest BCUT2D eigenvalue weighted by Gasteiger charge is 2.22. The van der Waals surface area contributed by atoms with Crippen molar-refractivity contribution in [2.24, 2.45) is 10.9 Å². The SMILES string of the molecule is Cc1ccc(S(=O)(=O)n2ccc3c(C(N)=NO)ccc(CCCC(=O)O)c32)cc1. The van der Waals surface area contributed by atoms with Crippen molar-refractivity contribution in [2.75, 3.05) is 0 Å². The molecule has 152 valence electrons. The van der Waals surface area contributed by atoms with Crippen molar-refractivity contribution in [1.82, 2.24) is 3.97 Å². The highest BCUT2D eigenvalue weighted by Crippen LogP contribution is 2.29. The third-order valence-corrected chi connectivity index (χ3v) is 6.39. The smallest absolute Gasteiger partial charge is 0.303 e. The summed E-state index contributed by atoms with van der Waals surface area (Å²) >= 11 is 0. The third kappa shape index (κ3) is 3.95. The lowest BCUT2D eigenvalue weighted by Gasteiger charge is -2.13. The van der Waals surface area contributed by atoms with Gasteiger partial charge >= 0.3 is 5.97 Å². The van der Waals surface area contributed by atoms with Crippen LogP contribution in [0, 0.1) is 6.92 Å². The molecule has 0 atom stereocenters. The molecule has 0 radical (unpaired) electrons. The summed E-state index contributed by atoms with van der Waals surface area (Å²) in [7, 11) is -3.89. The molecule has 0 fully saturated rings. The zero-order chi connectivity index (χ0) is 21.2. The molecule has 3 rings (SSSR count). The fourth-order valence-corrected chi connectivity index (χ4v) is 4.62. The lowest BCUT2D eigenvalue weighted by Crippen LogP contribution is -2.15. The van der Waals surface area contributed by atoms with Gasteiger partial charge in [0.1, 0.15) is 0 Å². The fraction of sp³-hybridized carbons (Fsp3) is 0.200. The number of aryl methyl sites for hydroxylation is 2. The minimum absolute atomic E-state index is 0.0328. The van der Waals surface area contributed by atoms with Gasteiger partial charge in [0.15, 0.2) is 5.84 Å². The van der Waals surface area contributed by atoms with Gasteiger partial charge in [0.25, 0.3) is 10.0 Å². The summed E-state index contributed by atoms with van der Waals surface area (Å²) in [6.07, 6.45) is 2.11. The first-order valence-electron chi connectivity index (χ1n) is 8.90. The molecule has 1 aromatic heterocycles. The molecule has 0 aliphatic rings. The van der Waals surface area contributed by atoms with E-state index in [1.165, 1.54) is 18.3 Å². The largest absolute Gasteiger partial charge is 0.481 e. The molecule has 0 unspecified atom stereocenters. The van der Waals surface area contributed by atoms with Crippen molar-refractivity contribution in [1.29, 1.82) is 0 Å². The molecule has 0 amide bonds. The lowest BCUT2D eigenvalue weighted by molar-refractivity contribution is -0.137. The van der Waals surface area contributed by atoms with Crippen molar-refractivity contribution in [3.05, 3.63) is 65.4 Å². The highest BCUT2D eigenvalue weighted by atomic mass is 32.2. The van der Waals surface area contributed by atoms with Gasteiger partial charge in [-0.25, -0.2) is 12.4 Å². The number of nitrogens with zero attached hydrogens (tertiary/aromatic N) is 2. The Hall–Kier alpha value is -3.33. The number of carbonyl (C=O) groups is 1. The van der Waals surface area contributed by atoms with Gasteiger partial charge in [0.05, 0.1) is 10.4 Å². The molecule has 1 heterocycles. The van der Waals surface area contributed by atoms with Crippen molar-refractivity contribution in [3.63, 3.8) is 0 Å². The number of carboxylic acids is 1. The van der Waals surface area contributed by atoms with Gasteiger partial charge in [-0.3, -0.25) is 4.79 Å². The van der Waals surface area contributed by atoms with Crippen LogP contribution in [0.25, 0.3) is 10.9 Å². The van der Waals surface area contributed by atoms with Gasteiger partial charge in [-0.15, -0.1) is 0 Å². The number of hydrogen-bond acceptors (Lipinski definition) is 5. The summed E-state index contributed by atoms with van der Waals surface area (Å²) in [5, 5.41) is 21.5. The van der Waals surface area contributed by atoms with Crippen LogP contribution in [-0.2, 0) is 21.2 Å². The van der Waals surface area contributed by atoms with E-state index in [1.807, 2.05) is 6.92 Å². The van der Waals surface area contributed by atoms with E-state index in [0.29, 0.717) is 34.9 Å². The lowest BCUT2D eigenvalue weighted by atomic mass is 10.0. The van der Waals surface area contributed by atoms with E-state index in [4.69, 9.17) is 16.0 Å². The van der Waals surface area contributed by atoms with Gasteiger partial charge in [-0.05, 0) is 43.5 Å². The number of rotatable bonds is 7.